The Morgan fingerprint density at radius 2 is 1.95 bits per heavy atom. The number of rotatable bonds is 5. The highest BCUT2D eigenvalue weighted by molar-refractivity contribution is 5.25. The molecule has 1 aromatic rings. The Balaban J connectivity index is 2.33. The lowest BCUT2D eigenvalue weighted by Gasteiger charge is -2.44. The minimum atomic E-state index is -0.808. The van der Waals surface area contributed by atoms with Crippen LogP contribution >= 0.6 is 0 Å². The molecule has 4 heteroatoms. The number of halogens is 2. The number of nitrogens with one attached hydrogen (secondary N) is 1. The lowest BCUT2D eigenvalue weighted by Crippen LogP contribution is -2.48. The Morgan fingerprint density at radius 1 is 1.29 bits per heavy atom. The first-order valence-corrected chi connectivity index (χ1v) is 7.76. The third kappa shape index (κ3) is 3.43. The minimum absolute atomic E-state index is 0.116. The van der Waals surface area contributed by atoms with Crippen LogP contribution in [0.25, 0.3) is 0 Å². The van der Waals surface area contributed by atoms with Crippen LogP contribution in [0.15, 0.2) is 18.2 Å². The molecule has 1 fully saturated rings. The van der Waals surface area contributed by atoms with Crippen LogP contribution in [0.3, 0.4) is 0 Å². The van der Waals surface area contributed by atoms with E-state index in [2.05, 4.69) is 12.2 Å². The zero-order chi connectivity index (χ0) is 15.5. The van der Waals surface area contributed by atoms with E-state index in [1.165, 1.54) is 12.1 Å². The molecule has 118 valence electrons. The fourth-order valence-electron chi connectivity index (χ4n) is 3.37. The Morgan fingerprint density at radius 3 is 2.48 bits per heavy atom. The predicted molar refractivity (Wildman–Crippen MR) is 80.1 cm³/mol. The van der Waals surface area contributed by atoms with Crippen LogP contribution in [-0.2, 0) is 4.74 Å². The van der Waals surface area contributed by atoms with Crippen LogP contribution in [0.2, 0.25) is 0 Å². The number of likely N-dealkylation sites (N-methyl/N-ethyl adjacent to an activating group) is 1. The van der Waals surface area contributed by atoms with E-state index in [1.807, 2.05) is 6.92 Å². The van der Waals surface area contributed by atoms with E-state index in [-0.39, 0.29) is 11.6 Å². The van der Waals surface area contributed by atoms with Gasteiger partial charge in [-0.05, 0) is 55.8 Å². The normalized spacial score (nSPS) is 27.6. The van der Waals surface area contributed by atoms with Gasteiger partial charge in [-0.15, -0.1) is 0 Å². The van der Waals surface area contributed by atoms with Gasteiger partial charge in [0.15, 0.2) is 11.6 Å². The molecule has 1 unspecified atom stereocenters. The van der Waals surface area contributed by atoms with E-state index in [4.69, 9.17) is 4.74 Å². The summed E-state index contributed by atoms with van der Waals surface area (Å²) in [7, 11) is 1.72. The second-order valence-corrected chi connectivity index (χ2v) is 6.12. The average molecular weight is 297 g/mol. The largest absolute Gasteiger partial charge is 0.376 e. The summed E-state index contributed by atoms with van der Waals surface area (Å²) in [5.74, 6) is -0.913. The highest BCUT2D eigenvalue weighted by Crippen LogP contribution is 2.43. The second-order valence-electron chi connectivity index (χ2n) is 6.12. The summed E-state index contributed by atoms with van der Waals surface area (Å²) in [5.41, 5.74) is 0.416. The maximum atomic E-state index is 13.6. The van der Waals surface area contributed by atoms with E-state index in [1.54, 1.807) is 13.2 Å². The fourth-order valence-corrected chi connectivity index (χ4v) is 3.37. The van der Waals surface area contributed by atoms with Crippen molar-refractivity contribution in [3.05, 3.63) is 35.4 Å². The van der Waals surface area contributed by atoms with E-state index in [0.29, 0.717) is 5.92 Å². The quantitative estimate of drug-likeness (QED) is 0.879. The molecule has 0 aromatic heterocycles. The van der Waals surface area contributed by atoms with Crippen LogP contribution in [0.4, 0.5) is 8.78 Å². The van der Waals surface area contributed by atoms with Crippen LogP contribution in [-0.4, -0.2) is 19.3 Å². The van der Waals surface area contributed by atoms with Crippen molar-refractivity contribution in [2.24, 2.45) is 5.92 Å². The summed E-state index contributed by atoms with van der Waals surface area (Å²) in [6.07, 6.45) is 4.06. The molecule has 1 N–H and O–H groups in total. The lowest BCUT2D eigenvalue weighted by atomic mass is 9.73. The third-order valence-corrected chi connectivity index (χ3v) is 4.74. The van der Waals surface area contributed by atoms with E-state index < -0.39 is 11.6 Å². The lowest BCUT2D eigenvalue weighted by molar-refractivity contribution is -0.0758. The van der Waals surface area contributed by atoms with Gasteiger partial charge in [-0.1, -0.05) is 19.9 Å². The Labute approximate surface area is 125 Å². The van der Waals surface area contributed by atoms with Gasteiger partial charge in [-0.3, -0.25) is 0 Å². The maximum Gasteiger partial charge on any atom is 0.159 e. The monoisotopic (exact) mass is 297 g/mol. The molecule has 1 aliphatic carbocycles. The number of hydrogen-bond acceptors (Lipinski definition) is 2. The smallest absolute Gasteiger partial charge is 0.159 e. The SMILES string of the molecule is CCNC(c1ccc(F)c(F)c1)C1(OC)CCC(C)CC1. The van der Waals surface area contributed by atoms with Gasteiger partial charge in [0.25, 0.3) is 0 Å². The zero-order valence-corrected chi connectivity index (χ0v) is 13.1. The van der Waals surface area contributed by atoms with Crippen molar-refractivity contribution in [2.75, 3.05) is 13.7 Å². The summed E-state index contributed by atoms with van der Waals surface area (Å²) >= 11 is 0. The topological polar surface area (TPSA) is 21.3 Å². The van der Waals surface area contributed by atoms with Gasteiger partial charge in [0.2, 0.25) is 0 Å². The molecular weight excluding hydrogens is 272 g/mol. The third-order valence-electron chi connectivity index (χ3n) is 4.74. The van der Waals surface area contributed by atoms with Gasteiger partial charge < -0.3 is 10.1 Å². The molecule has 0 aliphatic heterocycles. The minimum Gasteiger partial charge on any atom is -0.376 e. The van der Waals surface area contributed by atoms with Crippen LogP contribution in [0.1, 0.15) is 51.1 Å². The van der Waals surface area contributed by atoms with Gasteiger partial charge in [0, 0.05) is 7.11 Å². The molecule has 0 spiro atoms. The van der Waals surface area contributed by atoms with E-state index in [0.717, 1.165) is 37.8 Å². The molecule has 2 nitrogen and oxygen atoms in total. The predicted octanol–water partition coefficient (Wildman–Crippen LogP) is 4.21. The van der Waals surface area contributed by atoms with Crippen molar-refractivity contribution in [3.63, 3.8) is 0 Å². The number of methoxy groups -OCH3 is 1. The Hall–Kier alpha value is -1.00. The van der Waals surface area contributed by atoms with Crippen LogP contribution in [0.5, 0.6) is 0 Å². The molecule has 0 heterocycles. The van der Waals surface area contributed by atoms with Crippen LogP contribution < -0.4 is 5.32 Å². The average Bonchev–Trinajstić information content (AvgIpc) is 2.49. The zero-order valence-electron chi connectivity index (χ0n) is 13.1. The van der Waals surface area contributed by atoms with Gasteiger partial charge >= 0.3 is 0 Å². The first-order valence-electron chi connectivity index (χ1n) is 7.76. The molecule has 0 amide bonds. The van der Waals surface area contributed by atoms with Gasteiger partial charge in [0.1, 0.15) is 0 Å². The summed E-state index contributed by atoms with van der Waals surface area (Å²) in [5, 5.41) is 3.41. The van der Waals surface area contributed by atoms with Crippen molar-refractivity contribution in [1.82, 2.24) is 5.32 Å². The Bertz CT molecular complexity index is 470. The molecule has 1 aliphatic rings. The number of hydrogen-bond donors (Lipinski definition) is 1. The first kappa shape index (κ1) is 16.4. The molecule has 1 saturated carbocycles. The molecule has 21 heavy (non-hydrogen) atoms. The molecule has 1 atom stereocenters. The van der Waals surface area contributed by atoms with E-state index >= 15 is 0 Å². The van der Waals surface area contributed by atoms with Gasteiger partial charge in [0.05, 0.1) is 11.6 Å². The summed E-state index contributed by atoms with van der Waals surface area (Å²) in [6.45, 7) is 5.02. The maximum absolute atomic E-state index is 13.6. The van der Waals surface area contributed by atoms with Gasteiger partial charge in [-0.2, -0.15) is 0 Å². The summed E-state index contributed by atoms with van der Waals surface area (Å²) in [6, 6.07) is 4.03. The molecule has 0 saturated heterocycles. The molecule has 1 aromatic carbocycles. The summed E-state index contributed by atoms with van der Waals surface area (Å²) in [4.78, 5) is 0. The number of benzene rings is 1. The first-order chi connectivity index (χ1) is 10.0. The van der Waals surface area contributed by atoms with Crippen molar-refractivity contribution in [1.29, 1.82) is 0 Å². The Kier molecular flexibility index (Phi) is 5.33. The standard InChI is InChI=1S/C17H25F2NO/c1-4-20-16(13-5-6-14(18)15(19)11-13)17(21-3)9-7-12(2)8-10-17/h5-6,11-12,16,20H,4,7-10H2,1-3H3. The fraction of sp³-hybridized carbons (Fsp3) is 0.647. The molecule has 0 radical (unpaired) electrons. The summed E-state index contributed by atoms with van der Waals surface area (Å²) < 4.78 is 32.7. The molecule has 0 bridgehead atoms. The molecule has 2 rings (SSSR count). The van der Waals surface area contributed by atoms with Gasteiger partial charge in [-0.25, -0.2) is 8.78 Å². The van der Waals surface area contributed by atoms with Crippen molar-refractivity contribution >= 4 is 0 Å². The second kappa shape index (κ2) is 6.84. The highest BCUT2D eigenvalue weighted by atomic mass is 19.2. The number of ether oxygens (including phenoxy) is 1. The van der Waals surface area contributed by atoms with Crippen molar-refractivity contribution in [3.8, 4) is 0 Å². The van der Waals surface area contributed by atoms with Crippen molar-refractivity contribution < 1.29 is 13.5 Å². The van der Waals surface area contributed by atoms with Crippen LogP contribution in [0, 0.1) is 17.6 Å². The van der Waals surface area contributed by atoms with Crippen molar-refractivity contribution in [2.45, 2.75) is 51.2 Å². The highest BCUT2D eigenvalue weighted by Gasteiger charge is 2.42. The molecular formula is C17H25F2NO. The van der Waals surface area contributed by atoms with E-state index in [9.17, 15) is 8.78 Å².